The van der Waals surface area contributed by atoms with Crippen LogP contribution in [0.1, 0.15) is 59.2 Å². The first kappa shape index (κ1) is 16.9. The maximum atomic E-state index is 13.0. The molecule has 0 bridgehead atoms. The lowest BCUT2D eigenvalue weighted by Gasteiger charge is -2.44. The van der Waals surface area contributed by atoms with Gasteiger partial charge < -0.3 is 14.6 Å². The summed E-state index contributed by atoms with van der Waals surface area (Å²) >= 11 is 0. The Morgan fingerprint density at radius 3 is 2.50 bits per heavy atom. The maximum Gasteiger partial charge on any atom is 0.258 e. The van der Waals surface area contributed by atoms with Gasteiger partial charge in [0.1, 0.15) is 6.26 Å². The van der Waals surface area contributed by atoms with Gasteiger partial charge >= 0.3 is 0 Å². The van der Waals surface area contributed by atoms with E-state index in [0.29, 0.717) is 28.8 Å². The summed E-state index contributed by atoms with van der Waals surface area (Å²) in [5, 5.41) is 2.81. The molecule has 1 aliphatic heterocycles. The van der Waals surface area contributed by atoms with Crippen LogP contribution in [0.25, 0.3) is 0 Å². The zero-order valence-corrected chi connectivity index (χ0v) is 14.8. The number of furan rings is 1. The topological polar surface area (TPSA) is 62.6 Å². The van der Waals surface area contributed by atoms with E-state index >= 15 is 0 Å². The van der Waals surface area contributed by atoms with Gasteiger partial charge in [0, 0.05) is 23.8 Å². The molecule has 1 saturated carbocycles. The molecular formula is C21H24N2O3. The van der Waals surface area contributed by atoms with Gasteiger partial charge in [-0.25, -0.2) is 0 Å². The van der Waals surface area contributed by atoms with E-state index in [1.54, 1.807) is 30.3 Å². The Balaban J connectivity index is 1.44. The predicted molar refractivity (Wildman–Crippen MR) is 99.1 cm³/mol. The van der Waals surface area contributed by atoms with E-state index in [9.17, 15) is 9.59 Å². The lowest BCUT2D eigenvalue weighted by molar-refractivity contribution is 0.0390. The average molecular weight is 352 g/mol. The van der Waals surface area contributed by atoms with Gasteiger partial charge in [0.05, 0.1) is 11.8 Å². The minimum Gasteiger partial charge on any atom is -0.472 e. The summed E-state index contributed by atoms with van der Waals surface area (Å²) in [4.78, 5) is 27.1. The second-order valence-electron chi connectivity index (χ2n) is 7.30. The second-order valence-corrected chi connectivity index (χ2v) is 7.30. The monoisotopic (exact) mass is 352 g/mol. The Morgan fingerprint density at radius 1 is 0.962 bits per heavy atom. The van der Waals surface area contributed by atoms with Gasteiger partial charge in [-0.15, -0.1) is 0 Å². The third-order valence-electron chi connectivity index (χ3n) is 5.68. The first-order valence-electron chi connectivity index (χ1n) is 9.47. The quantitative estimate of drug-likeness (QED) is 0.894. The van der Waals surface area contributed by atoms with Gasteiger partial charge in [-0.2, -0.15) is 0 Å². The van der Waals surface area contributed by atoms with Crippen LogP contribution in [0.2, 0.25) is 0 Å². The number of carbonyl (C=O) groups is 2. The molecule has 0 unspecified atom stereocenters. The van der Waals surface area contributed by atoms with Crippen molar-refractivity contribution in [3.63, 3.8) is 0 Å². The van der Waals surface area contributed by atoms with Gasteiger partial charge in [-0.3, -0.25) is 9.59 Å². The first-order valence-corrected chi connectivity index (χ1v) is 9.47. The highest BCUT2D eigenvalue weighted by atomic mass is 16.3. The number of piperidine rings is 1. The third kappa shape index (κ3) is 3.39. The molecule has 0 spiro atoms. The molecule has 2 fully saturated rings. The Bertz CT molecular complexity index is 765. The number of carbonyl (C=O) groups excluding carboxylic acids is 2. The van der Waals surface area contributed by atoms with E-state index in [1.165, 1.54) is 38.2 Å². The summed E-state index contributed by atoms with van der Waals surface area (Å²) in [5.41, 5.74) is 1.83. The van der Waals surface area contributed by atoms with Crippen molar-refractivity contribution >= 4 is 17.5 Å². The minimum atomic E-state index is -0.223. The molecule has 2 amide bonds. The highest BCUT2D eigenvalue weighted by molar-refractivity contribution is 6.04. The van der Waals surface area contributed by atoms with Crippen LogP contribution in [0.15, 0.2) is 47.3 Å². The van der Waals surface area contributed by atoms with Crippen molar-refractivity contribution in [1.29, 1.82) is 0 Å². The zero-order chi connectivity index (χ0) is 17.9. The van der Waals surface area contributed by atoms with Gasteiger partial charge in [-0.1, -0.05) is 12.8 Å². The Labute approximate surface area is 153 Å². The van der Waals surface area contributed by atoms with Crippen LogP contribution in [0.5, 0.6) is 0 Å². The van der Waals surface area contributed by atoms with Crippen molar-refractivity contribution in [3.05, 3.63) is 54.0 Å². The fourth-order valence-corrected chi connectivity index (χ4v) is 4.34. The Morgan fingerprint density at radius 2 is 1.73 bits per heavy atom. The lowest BCUT2D eigenvalue weighted by atomic mass is 9.78. The standard InChI is InChI=1S/C21H24N2O3/c24-20(17-11-13-26-14-17)22-18-9-7-16(8-10-18)21(25)23-12-3-5-15-4-1-2-6-19(15)23/h7-11,13-15,19H,1-6,12H2,(H,22,24)/t15-,19-/m0/s1. The summed E-state index contributed by atoms with van der Waals surface area (Å²) < 4.78 is 4.92. The van der Waals surface area contributed by atoms with Crippen molar-refractivity contribution in [2.45, 2.75) is 44.6 Å². The van der Waals surface area contributed by atoms with E-state index in [0.717, 1.165) is 19.4 Å². The molecule has 5 heteroatoms. The highest BCUT2D eigenvalue weighted by Gasteiger charge is 2.35. The molecule has 5 nitrogen and oxygen atoms in total. The molecule has 1 aliphatic carbocycles. The van der Waals surface area contributed by atoms with Crippen LogP contribution >= 0.6 is 0 Å². The number of anilines is 1. The maximum absolute atomic E-state index is 13.0. The molecule has 2 heterocycles. The molecule has 1 N–H and O–H groups in total. The fourth-order valence-electron chi connectivity index (χ4n) is 4.34. The zero-order valence-electron chi connectivity index (χ0n) is 14.8. The number of hydrogen-bond donors (Lipinski definition) is 1. The SMILES string of the molecule is O=C(Nc1ccc(C(=O)N2CCC[C@@H]3CCCC[C@@H]32)cc1)c1ccoc1. The van der Waals surface area contributed by atoms with Crippen molar-refractivity contribution in [2.24, 2.45) is 5.92 Å². The molecule has 4 rings (SSSR count). The number of nitrogens with zero attached hydrogens (tertiary/aromatic N) is 1. The molecule has 0 radical (unpaired) electrons. The second kappa shape index (κ2) is 7.36. The van der Waals surface area contributed by atoms with Crippen LogP contribution in [0, 0.1) is 5.92 Å². The molecule has 2 aliphatic rings. The lowest BCUT2D eigenvalue weighted by Crippen LogP contribution is -2.49. The largest absolute Gasteiger partial charge is 0.472 e. The number of fused-ring (bicyclic) bond motifs is 1. The molecule has 1 aromatic heterocycles. The predicted octanol–water partition coefficient (Wildman–Crippen LogP) is 4.33. The molecular weight excluding hydrogens is 328 g/mol. The average Bonchev–Trinajstić information content (AvgIpc) is 3.23. The van der Waals surface area contributed by atoms with Gasteiger partial charge in [-0.05, 0) is 61.9 Å². The summed E-state index contributed by atoms with van der Waals surface area (Å²) in [5.74, 6) is 0.572. The van der Waals surface area contributed by atoms with Crippen molar-refractivity contribution in [3.8, 4) is 0 Å². The minimum absolute atomic E-state index is 0.120. The summed E-state index contributed by atoms with van der Waals surface area (Å²) in [6, 6.07) is 9.20. The highest BCUT2D eigenvalue weighted by Crippen LogP contribution is 2.36. The molecule has 136 valence electrons. The Hall–Kier alpha value is -2.56. The van der Waals surface area contributed by atoms with Crippen molar-refractivity contribution < 1.29 is 14.0 Å². The van der Waals surface area contributed by atoms with Crippen molar-refractivity contribution in [2.75, 3.05) is 11.9 Å². The number of amides is 2. The Kier molecular flexibility index (Phi) is 4.78. The van der Waals surface area contributed by atoms with Crippen LogP contribution in [0.3, 0.4) is 0 Å². The number of nitrogens with one attached hydrogen (secondary N) is 1. The van der Waals surface area contributed by atoms with Crippen LogP contribution in [-0.2, 0) is 0 Å². The molecule has 2 aromatic rings. The van der Waals surface area contributed by atoms with E-state index in [1.807, 2.05) is 0 Å². The van der Waals surface area contributed by atoms with Crippen LogP contribution in [0.4, 0.5) is 5.69 Å². The smallest absolute Gasteiger partial charge is 0.258 e. The van der Waals surface area contributed by atoms with E-state index in [2.05, 4.69) is 10.2 Å². The first-order chi connectivity index (χ1) is 12.7. The number of rotatable bonds is 3. The van der Waals surface area contributed by atoms with Gasteiger partial charge in [0.15, 0.2) is 0 Å². The normalized spacial score (nSPS) is 22.5. The van der Waals surface area contributed by atoms with E-state index in [-0.39, 0.29) is 11.8 Å². The molecule has 26 heavy (non-hydrogen) atoms. The summed E-state index contributed by atoms with van der Waals surface area (Å²) in [6.45, 7) is 0.860. The number of likely N-dealkylation sites (tertiary alicyclic amines) is 1. The molecule has 2 atom stereocenters. The van der Waals surface area contributed by atoms with Crippen molar-refractivity contribution in [1.82, 2.24) is 4.90 Å². The van der Waals surface area contributed by atoms with E-state index < -0.39 is 0 Å². The molecule has 1 saturated heterocycles. The number of hydrogen-bond acceptors (Lipinski definition) is 3. The van der Waals surface area contributed by atoms with E-state index in [4.69, 9.17) is 4.42 Å². The van der Waals surface area contributed by atoms with Gasteiger partial charge in [0.25, 0.3) is 11.8 Å². The fraction of sp³-hybridized carbons (Fsp3) is 0.429. The van der Waals surface area contributed by atoms with Crippen LogP contribution in [-0.4, -0.2) is 29.3 Å². The summed E-state index contributed by atoms with van der Waals surface area (Å²) in [7, 11) is 0. The van der Waals surface area contributed by atoms with Gasteiger partial charge in [0.2, 0.25) is 0 Å². The molecule has 1 aromatic carbocycles. The summed E-state index contributed by atoms with van der Waals surface area (Å²) in [6.07, 6.45) is 10.2. The third-order valence-corrected chi connectivity index (χ3v) is 5.68. The number of benzene rings is 1. The van der Waals surface area contributed by atoms with Crippen LogP contribution < -0.4 is 5.32 Å².